The van der Waals surface area contributed by atoms with E-state index in [4.69, 9.17) is 10.8 Å². The number of aliphatic carboxylic acids is 1. The molecule has 0 aliphatic heterocycles. The number of methoxy groups -OCH3 is 1. The van der Waals surface area contributed by atoms with E-state index in [0.717, 1.165) is 0 Å². The average molecular weight is 207 g/mol. The number of carbonyl (C=O) groups is 2. The van der Waals surface area contributed by atoms with Gasteiger partial charge in [0.25, 0.3) is 0 Å². The molecule has 0 bridgehead atoms. The van der Waals surface area contributed by atoms with Crippen molar-refractivity contribution in [1.82, 2.24) is 0 Å². The largest absolute Gasteiger partial charge is 0.480 e. The number of esters is 1. The maximum Gasteiger partial charge on any atom is 0.320 e. The first-order valence-electron chi connectivity index (χ1n) is 3.71. The Balaban J connectivity index is 3.35. The highest BCUT2D eigenvalue weighted by Gasteiger charge is 2.10. The Morgan fingerprint density at radius 3 is 2.69 bits per heavy atom. The van der Waals surface area contributed by atoms with Gasteiger partial charge in [0, 0.05) is 0 Å². The van der Waals surface area contributed by atoms with E-state index in [1.165, 1.54) is 18.9 Å². The van der Waals surface area contributed by atoms with Gasteiger partial charge in [0.2, 0.25) is 0 Å². The number of carboxylic acid groups (broad SMARTS) is 1. The van der Waals surface area contributed by atoms with E-state index < -0.39 is 12.0 Å². The summed E-state index contributed by atoms with van der Waals surface area (Å²) in [5.74, 6) is -0.543. The molecule has 0 radical (unpaired) electrons. The molecule has 3 N–H and O–H groups in total. The third kappa shape index (κ3) is 6.41. The number of ether oxygens (including phenoxy) is 1. The molecule has 1 unspecified atom stereocenters. The van der Waals surface area contributed by atoms with Crippen molar-refractivity contribution in [1.29, 1.82) is 0 Å². The Labute approximate surface area is 80.6 Å². The second kappa shape index (κ2) is 6.73. The van der Waals surface area contributed by atoms with Crippen LogP contribution in [0.25, 0.3) is 0 Å². The third-order valence-electron chi connectivity index (χ3n) is 1.34. The van der Waals surface area contributed by atoms with Gasteiger partial charge in [-0.25, -0.2) is 0 Å². The van der Waals surface area contributed by atoms with Gasteiger partial charge in [-0.1, -0.05) is 0 Å². The molecule has 0 fully saturated rings. The molecule has 0 aliphatic rings. The minimum atomic E-state index is -1.02. The first-order valence-corrected chi connectivity index (χ1v) is 4.86. The van der Waals surface area contributed by atoms with Crippen LogP contribution < -0.4 is 5.73 Å². The van der Waals surface area contributed by atoms with Crippen LogP contribution in [0, 0.1) is 0 Å². The highest BCUT2D eigenvalue weighted by atomic mass is 32.2. The summed E-state index contributed by atoms with van der Waals surface area (Å²) in [6, 6.07) is -0.842. The lowest BCUT2D eigenvalue weighted by Crippen LogP contribution is -2.30. The van der Waals surface area contributed by atoms with E-state index in [1.54, 1.807) is 0 Å². The summed E-state index contributed by atoms with van der Waals surface area (Å²) in [4.78, 5) is 20.9. The van der Waals surface area contributed by atoms with Gasteiger partial charge in [-0.2, -0.15) is 11.8 Å². The Morgan fingerprint density at radius 2 is 2.23 bits per heavy atom. The number of hydrogen-bond acceptors (Lipinski definition) is 5. The van der Waals surface area contributed by atoms with Crippen molar-refractivity contribution in [2.24, 2.45) is 5.73 Å². The van der Waals surface area contributed by atoms with Gasteiger partial charge in [0.15, 0.2) is 0 Å². The SMILES string of the molecule is COC(=O)CSCCC(N)C(=O)O. The maximum absolute atomic E-state index is 10.6. The maximum atomic E-state index is 10.6. The van der Waals surface area contributed by atoms with Crippen molar-refractivity contribution in [2.45, 2.75) is 12.5 Å². The highest BCUT2D eigenvalue weighted by Crippen LogP contribution is 2.04. The van der Waals surface area contributed by atoms with Crippen LogP contribution in [0.5, 0.6) is 0 Å². The van der Waals surface area contributed by atoms with Crippen molar-refractivity contribution >= 4 is 23.7 Å². The molecule has 0 amide bonds. The quantitative estimate of drug-likeness (QED) is 0.459. The van der Waals surface area contributed by atoms with Gasteiger partial charge in [-0.05, 0) is 12.2 Å². The standard InChI is InChI=1S/C7H13NO4S/c1-12-6(9)4-13-3-2-5(8)7(10)11/h5H,2-4,8H2,1H3,(H,10,11). The van der Waals surface area contributed by atoms with Gasteiger partial charge in [-0.15, -0.1) is 0 Å². The third-order valence-corrected chi connectivity index (χ3v) is 2.30. The summed E-state index contributed by atoms with van der Waals surface area (Å²) in [6.07, 6.45) is 0.358. The van der Waals surface area contributed by atoms with Crippen LogP contribution >= 0.6 is 11.8 Å². The predicted molar refractivity (Wildman–Crippen MR) is 49.6 cm³/mol. The molecule has 0 aromatic carbocycles. The number of nitrogens with two attached hydrogens (primary N) is 1. The Kier molecular flexibility index (Phi) is 6.34. The number of carbonyl (C=O) groups excluding carboxylic acids is 1. The van der Waals surface area contributed by atoms with Crippen LogP contribution in [0.15, 0.2) is 0 Å². The molecule has 0 heterocycles. The van der Waals surface area contributed by atoms with Gasteiger partial charge in [-0.3, -0.25) is 9.59 Å². The summed E-state index contributed by atoms with van der Waals surface area (Å²) in [5.41, 5.74) is 5.24. The van der Waals surface area contributed by atoms with Crippen molar-refractivity contribution < 1.29 is 19.4 Å². The minimum Gasteiger partial charge on any atom is -0.480 e. The van der Waals surface area contributed by atoms with Crippen LogP contribution in [0.1, 0.15) is 6.42 Å². The van der Waals surface area contributed by atoms with Crippen molar-refractivity contribution in [3.8, 4) is 0 Å². The predicted octanol–water partition coefficient (Wildman–Crippen LogP) is -0.305. The number of thioether (sulfide) groups is 1. The molecule has 13 heavy (non-hydrogen) atoms. The fourth-order valence-electron chi connectivity index (χ4n) is 0.548. The Hall–Kier alpha value is -0.750. The topological polar surface area (TPSA) is 89.6 Å². The molecule has 0 rings (SSSR count). The zero-order chi connectivity index (χ0) is 10.3. The lowest BCUT2D eigenvalue weighted by atomic mass is 10.2. The van der Waals surface area contributed by atoms with Crippen LogP contribution in [0.2, 0.25) is 0 Å². The second-order valence-electron chi connectivity index (χ2n) is 2.36. The first kappa shape index (κ1) is 12.2. The highest BCUT2D eigenvalue weighted by molar-refractivity contribution is 7.99. The van der Waals surface area contributed by atoms with E-state index in [2.05, 4.69) is 4.74 Å². The monoisotopic (exact) mass is 207 g/mol. The van der Waals surface area contributed by atoms with Gasteiger partial charge >= 0.3 is 11.9 Å². The molecule has 76 valence electrons. The minimum absolute atomic E-state index is 0.239. The van der Waals surface area contributed by atoms with Crippen LogP contribution in [-0.4, -0.2) is 41.7 Å². The fraction of sp³-hybridized carbons (Fsp3) is 0.714. The van der Waals surface area contributed by atoms with Crippen LogP contribution in [0.3, 0.4) is 0 Å². The summed E-state index contributed by atoms with van der Waals surface area (Å²) in [7, 11) is 1.31. The molecule has 0 saturated heterocycles. The van der Waals surface area contributed by atoms with Gasteiger partial charge < -0.3 is 15.6 Å². The summed E-state index contributed by atoms with van der Waals surface area (Å²) in [5, 5.41) is 8.41. The second-order valence-corrected chi connectivity index (χ2v) is 3.47. The smallest absolute Gasteiger partial charge is 0.320 e. The Bertz CT molecular complexity index is 185. The molecule has 6 heteroatoms. The molecule has 0 aromatic heterocycles. The molecular formula is C7H13NO4S. The number of carboxylic acids is 1. The molecule has 0 aromatic rings. The molecule has 5 nitrogen and oxygen atoms in total. The van der Waals surface area contributed by atoms with Crippen LogP contribution in [-0.2, 0) is 14.3 Å². The summed E-state index contributed by atoms with van der Waals surface area (Å²) < 4.78 is 4.40. The summed E-state index contributed by atoms with van der Waals surface area (Å²) in [6.45, 7) is 0. The van der Waals surface area contributed by atoms with Gasteiger partial charge in [0.1, 0.15) is 6.04 Å². The number of rotatable bonds is 6. The van der Waals surface area contributed by atoms with E-state index in [9.17, 15) is 9.59 Å². The Morgan fingerprint density at radius 1 is 1.62 bits per heavy atom. The molecule has 1 atom stereocenters. The van der Waals surface area contributed by atoms with E-state index in [0.29, 0.717) is 12.2 Å². The molecular weight excluding hydrogens is 194 g/mol. The van der Waals surface area contributed by atoms with Crippen molar-refractivity contribution in [3.05, 3.63) is 0 Å². The molecule has 0 spiro atoms. The molecule has 0 aliphatic carbocycles. The first-order chi connectivity index (χ1) is 6.07. The van der Waals surface area contributed by atoms with Crippen molar-refractivity contribution in [3.63, 3.8) is 0 Å². The lowest BCUT2D eigenvalue weighted by Gasteiger charge is -2.04. The lowest BCUT2D eigenvalue weighted by molar-refractivity contribution is -0.138. The van der Waals surface area contributed by atoms with E-state index in [-0.39, 0.29) is 11.7 Å². The summed E-state index contributed by atoms with van der Waals surface area (Å²) >= 11 is 1.31. The fourth-order valence-corrected chi connectivity index (χ4v) is 1.40. The number of hydrogen-bond donors (Lipinski definition) is 2. The normalized spacial score (nSPS) is 12.2. The average Bonchev–Trinajstić information content (AvgIpc) is 2.11. The molecule has 0 saturated carbocycles. The van der Waals surface area contributed by atoms with Gasteiger partial charge in [0.05, 0.1) is 12.9 Å². The zero-order valence-electron chi connectivity index (χ0n) is 7.36. The van der Waals surface area contributed by atoms with Crippen LogP contribution in [0.4, 0.5) is 0 Å². The zero-order valence-corrected chi connectivity index (χ0v) is 8.17. The van der Waals surface area contributed by atoms with Crippen molar-refractivity contribution in [2.75, 3.05) is 18.6 Å². The van der Waals surface area contributed by atoms with E-state index in [1.807, 2.05) is 0 Å². The van der Waals surface area contributed by atoms with E-state index >= 15 is 0 Å².